The molecule has 0 unspecified atom stereocenters. The lowest BCUT2D eigenvalue weighted by molar-refractivity contribution is 0.195. The lowest BCUT2D eigenvalue weighted by Gasteiger charge is -2.12. The maximum absolute atomic E-state index is 5.12. The minimum absolute atomic E-state index is 0.756. The molecule has 0 spiro atoms. The maximum Gasteiger partial charge on any atom is 0.0465 e. The van der Waals surface area contributed by atoms with Crippen LogP contribution in [0.5, 0.6) is 0 Å². The van der Waals surface area contributed by atoms with Gasteiger partial charge in [-0.2, -0.15) is 0 Å². The Morgan fingerprint density at radius 2 is 2.17 bits per heavy atom. The van der Waals surface area contributed by atoms with Crippen molar-refractivity contribution in [2.75, 3.05) is 13.7 Å². The number of hydrogen-bond donors (Lipinski definition) is 2. The molecule has 0 bridgehead atoms. The molecule has 0 heterocycles. The van der Waals surface area contributed by atoms with Gasteiger partial charge in [-0.05, 0) is 55.4 Å². The lowest BCUT2D eigenvalue weighted by Crippen LogP contribution is -2.15. The van der Waals surface area contributed by atoms with Crippen molar-refractivity contribution in [1.82, 2.24) is 5.32 Å². The first-order valence-corrected chi connectivity index (χ1v) is 7.19. The predicted octanol–water partition coefficient (Wildman–Crippen LogP) is 3.11. The number of ether oxygens (including phenoxy) is 1. The summed E-state index contributed by atoms with van der Waals surface area (Å²) in [5, 5.41) is 3.56. The van der Waals surface area contributed by atoms with E-state index in [1.807, 2.05) is 0 Å². The van der Waals surface area contributed by atoms with Gasteiger partial charge in [-0.1, -0.05) is 6.07 Å². The Bertz CT molecular complexity index is 402. The fourth-order valence-corrected chi connectivity index (χ4v) is 2.45. The second-order valence-electron chi connectivity index (χ2n) is 5.15. The van der Waals surface area contributed by atoms with Gasteiger partial charge in [0.15, 0.2) is 0 Å². The van der Waals surface area contributed by atoms with Crippen LogP contribution in [0.2, 0.25) is 0 Å². The summed E-state index contributed by atoms with van der Waals surface area (Å²) in [5.41, 5.74) is 4.07. The van der Waals surface area contributed by atoms with Crippen molar-refractivity contribution in [1.29, 1.82) is 0 Å². The third-order valence-electron chi connectivity index (χ3n) is 3.51. The van der Waals surface area contributed by atoms with Gasteiger partial charge in [0.1, 0.15) is 0 Å². The highest BCUT2D eigenvalue weighted by molar-refractivity contribution is 7.80. The van der Waals surface area contributed by atoms with Crippen LogP contribution in [0.3, 0.4) is 0 Å². The molecular weight excluding hydrogens is 242 g/mol. The Balaban J connectivity index is 2.00. The van der Waals surface area contributed by atoms with Crippen molar-refractivity contribution in [2.24, 2.45) is 0 Å². The molecule has 1 saturated carbocycles. The minimum Gasteiger partial charge on any atom is -0.385 e. The molecule has 1 aromatic rings. The number of aryl methyl sites for hydroxylation is 1. The normalized spacial score (nSPS) is 15.1. The fraction of sp³-hybridized carbons (Fsp3) is 0.600. The van der Waals surface area contributed by atoms with Crippen molar-refractivity contribution >= 4 is 12.6 Å². The van der Waals surface area contributed by atoms with E-state index in [-0.39, 0.29) is 0 Å². The summed E-state index contributed by atoms with van der Waals surface area (Å²) in [5.74, 6) is 0. The first kappa shape index (κ1) is 13.9. The zero-order valence-electron chi connectivity index (χ0n) is 11.3. The Labute approximate surface area is 116 Å². The molecule has 2 rings (SSSR count). The van der Waals surface area contributed by atoms with E-state index >= 15 is 0 Å². The summed E-state index contributed by atoms with van der Waals surface area (Å²) in [6.45, 7) is 3.95. The topological polar surface area (TPSA) is 21.3 Å². The molecule has 1 aromatic carbocycles. The predicted molar refractivity (Wildman–Crippen MR) is 78.5 cm³/mol. The molecule has 1 fully saturated rings. The third-order valence-corrected chi connectivity index (χ3v) is 3.98. The summed E-state index contributed by atoms with van der Waals surface area (Å²) in [6, 6.07) is 5.26. The van der Waals surface area contributed by atoms with Gasteiger partial charge < -0.3 is 10.1 Å². The highest BCUT2D eigenvalue weighted by Gasteiger charge is 2.20. The molecule has 2 nitrogen and oxygen atoms in total. The van der Waals surface area contributed by atoms with Gasteiger partial charge in [-0.25, -0.2) is 0 Å². The number of benzene rings is 1. The van der Waals surface area contributed by atoms with E-state index in [0.29, 0.717) is 0 Å². The van der Waals surface area contributed by atoms with Crippen molar-refractivity contribution in [3.63, 3.8) is 0 Å². The molecule has 18 heavy (non-hydrogen) atoms. The zero-order valence-corrected chi connectivity index (χ0v) is 12.2. The van der Waals surface area contributed by atoms with Crippen LogP contribution in [0.25, 0.3) is 0 Å². The van der Waals surface area contributed by atoms with Crippen molar-refractivity contribution in [2.45, 2.75) is 50.1 Å². The molecule has 1 aliphatic rings. The average molecular weight is 265 g/mol. The molecule has 100 valence electrons. The summed E-state index contributed by atoms with van der Waals surface area (Å²) < 4.78 is 5.12. The molecule has 0 amide bonds. The van der Waals surface area contributed by atoms with Gasteiger partial charge in [-0.15, -0.1) is 12.6 Å². The van der Waals surface area contributed by atoms with E-state index < -0.39 is 0 Å². The van der Waals surface area contributed by atoms with Gasteiger partial charge in [0.2, 0.25) is 0 Å². The molecule has 0 radical (unpaired) electrons. The van der Waals surface area contributed by atoms with Crippen LogP contribution >= 0.6 is 12.6 Å². The van der Waals surface area contributed by atoms with Crippen molar-refractivity contribution < 1.29 is 4.74 Å². The Morgan fingerprint density at radius 3 is 2.83 bits per heavy atom. The van der Waals surface area contributed by atoms with Crippen molar-refractivity contribution in [3.05, 3.63) is 28.8 Å². The average Bonchev–Trinajstić information content (AvgIpc) is 3.16. The first-order valence-electron chi connectivity index (χ1n) is 6.74. The summed E-state index contributed by atoms with van der Waals surface area (Å²) >= 11 is 4.58. The molecule has 0 saturated heterocycles. The van der Waals surface area contributed by atoms with Gasteiger partial charge in [0.05, 0.1) is 0 Å². The van der Waals surface area contributed by atoms with E-state index in [0.717, 1.165) is 36.9 Å². The first-order chi connectivity index (χ1) is 8.70. The highest BCUT2D eigenvalue weighted by Crippen LogP contribution is 2.23. The Hall–Kier alpha value is -0.510. The monoisotopic (exact) mass is 265 g/mol. The Morgan fingerprint density at radius 1 is 1.39 bits per heavy atom. The zero-order chi connectivity index (χ0) is 13.0. The van der Waals surface area contributed by atoms with Crippen LogP contribution in [-0.4, -0.2) is 19.8 Å². The SMILES string of the molecule is COCCCc1cc(CNC2CC2)cc(S)c1C. The number of rotatable bonds is 7. The summed E-state index contributed by atoms with van der Waals surface area (Å²) in [6.07, 6.45) is 4.81. The second-order valence-corrected chi connectivity index (χ2v) is 5.63. The van der Waals surface area contributed by atoms with E-state index in [2.05, 4.69) is 37.0 Å². The van der Waals surface area contributed by atoms with E-state index in [9.17, 15) is 0 Å². The minimum atomic E-state index is 0.756. The largest absolute Gasteiger partial charge is 0.385 e. The molecule has 0 aromatic heterocycles. The van der Waals surface area contributed by atoms with Crippen LogP contribution in [0.15, 0.2) is 17.0 Å². The fourth-order valence-electron chi connectivity index (χ4n) is 2.14. The van der Waals surface area contributed by atoms with E-state index in [1.165, 1.54) is 29.5 Å². The number of thiol groups is 1. The molecule has 0 aliphatic heterocycles. The van der Waals surface area contributed by atoms with E-state index in [4.69, 9.17) is 4.74 Å². The van der Waals surface area contributed by atoms with Gasteiger partial charge in [0.25, 0.3) is 0 Å². The lowest BCUT2D eigenvalue weighted by atomic mass is 10.0. The molecule has 0 atom stereocenters. The standard InChI is InChI=1S/C15H23NOS/c1-11-13(4-3-7-17-2)8-12(9-15(11)18)10-16-14-5-6-14/h8-9,14,16,18H,3-7,10H2,1-2H3. The molecule has 3 heteroatoms. The maximum atomic E-state index is 5.12. The van der Waals surface area contributed by atoms with Gasteiger partial charge in [-0.3, -0.25) is 0 Å². The van der Waals surface area contributed by atoms with Gasteiger partial charge in [0, 0.05) is 31.2 Å². The number of nitrogens with one attached hydrogen (secondary N) is 1. The van der Waals surface area contributed by atoms with Crippen LogP contribution in [0.4, 0.5) is 0 Å². The smallest absolute Gasteiger partial charge is 0.0465 e. The highest BCUT2D eigenvalue weighted by atomic mass is 32.1. The van der Waals surface area contributed by atoms with E-state index in [1.54, 1.807) is 7.11 Å². The number of methoxy groups -OCH3 is 1. The second kappa shape index (κ2) is 6.60. The Kier molecular flexibility index (Phi) is 5.10. The molecule has 1 aliphatic carbocycles. The number of hydrogen-bond acceptors (Lipinski definition) is 3. The van der Waals surface area contributed by atoms with Crippen LogP contribution in [0.1, 0.15) is 36.0 Å². The molecular formula is C15H23NOS. The molecule has 1 N–H and O–H groups in total. The van der Waals surface area contributed by atoms with Gasteiger partial charge >= 0.3 is 0 Å². The third kappa shape index (κ3) is 4.01. The summed E-state index contributed by atoms with van der Waals surface area (Å²) in [4.78, 5) is 1.11. The van der Waals surface area contributed by atoms with Crippen LogP contribution < -0.4 is 5.32 Å². The quantitative estimate of drug-likeness (QED) is 0.584. The van der Waals surface area contributed by atoms with Crippen LogP contribution in [0, 0.1) is 6.92 Å². The van der Waals surface area contributed by atoms with Crippen molar-refractivity contribution in [3.8, 4) is 0 Å². The summed E-state index contributed by atoms with van der Waals surface area (Å²) in [7, 11) is 1.76. The van der Waals surface area contributed by atoms with Crippen LogP contribution in [-0.2, 0) is 17.7 Å².